The van der Waals surface area contributed by atoms with Gasteiger partial charge in [0.15, 0.2) is 0 Å². The summed E-state index contributed by atoms with van der Waals surface area (Å²) in [6.07, 6.45) is 11.4. The van der Waals surface area contributed by atoms with Gasteiger partial charge in [0.05, 0.1) is 27.6 Å². The highest BCUT2D eigenvalue weighted by atomic mass is 16.3. The Labute approximate surface area is 230 Å². The van der Waals surface area contributed by atoms with Gasteiger partial charge in [-0.1, -0.05) is 12.1 Å². The molecule has 8 nitrogen and oxygen atoms in total. The van der Waals surface area contributed by atoms with Crippen LogP contribution in [0, 0.1) is 11.3 Å². The van der Waals surface area contributed by atoms with Crippen LogP contribution in [0.25, 0.3) is 21.8 Å². The number of primary amides is 1. The van der Waals surface area contributed by atoms with E-state index < -0.39 is 11.5 Å². The van der Waals surface area contributed by atoms with E-state index in [4.69, 9.17) is 5.73 Å². The number of aromatic nitrogens is 2. The van der Waals surface area contributed by atoms with Crippen molar-refractivity contribution in [1.29, 1.82) is 0 Å². The van der Waals surface area contributed by atoms with Crippen molar-refractivity contribution in [3.8, 4) is 0 Å². The standard InChI is InChI=1S/C31H41N5O3/c1-30(2,39)16-20-5-7-21(8-6-20)22-9-10-23-24-17-33-18-25(28(32)37)27(24)36(26(23)15-22)35-13-4-11-31(19-35)12-14-34(3)29(31)38/h9-10,15,17-18,20-21,39H,4-8,11-14,16,19H2,1-3H3,(H2,32,37)/t20?,21?,31-/m1/s1. The highest BCUT2D eigenvalue weighted by Crippen LogP contribution is 2.43. The molecule has 1 saturated carbocycles. The molecule has 3 N–H and O–H groups in total. The fourth-order valence-corrected chi connectivity index (χ4v) is 7.74. The SMILES string of the molecule is CN1CC[C@@]2(CCCN(n3c4cc(C5CCC(CC(C)(C)O)CC5)ccc4c4cncc(C(N)=O)c43)C2)C1=O. The first-order valence-electron chi connectivity index (χ1n) is 14.5. The fraction of sp³-hybridized carbons (Fsp3) is 0.581. The molecule has 0 radical (unpaired) electrons. The van der Waals surface area contributed by atoms with Crippen molar-refractivity contribution >= 4 is 33.6 Å². The monoisotopic (exact) mass is 531 g/mol. The lowest BCUT2D eigenvalue weighted by Crippen LogP contribution is -2.51. The fourth-order valence-electron chi connectivity index (χ4n) is 7.74. The van der Waals surface area contributed by atoms with Crippen LogP contribution in [0.2, 0.25) is 0 Å². The summed E-state index contributed by atoms with van der Waals surface area (Å²) in [5.74, 6) is 0.761. The minimum absolute atomic E-state index is 0.230. The minimum Gasteiger partial charge on any atom is -0.390 e. The number of fused-ring (bicyclic) bond motifs is 3. The molecule has 0 bridgehead atoms. The largest absolute Gasteiger partial charge is 0.390 e. The van der Waals surface area contributed by atoms with E-state index in [2.05, 4.69) is 32.9 Å². The molecule has 2 amide bonds. The van der Waals surface area contributed by atoms with Crippen molar-refractivity contribution in [3.05, 3.63) is 41.7 Å². The third-order valence-corrected chi connectivity index (χ3v) is 9.61. The van der Waals surface area contributed by atoms with Crippen molar-refractivity contribution in [2.24, 2.45) is 17.1 Å². The number of piperidine rings is 1. The molecule has 0 unspecified atom stereocenters. The number of aliphatic hydroxyl groups is 1. The number of carbonyl (C=O) groups is 2. The molecule has 39 heavy (non-hydrogen) atoms. The highest BCUT2D eigenvalue weighted by molar-refractivity contribution is 6.15. The van der Waals surface area contributed by atoms with Gasteiger partial charge in [0.2, 0.25) is 5.91 Å². The van der Waals surface area contributed by atoms with Gasteiger partial charge < -0.3 is 20.7 Å². The van der Waals surface area contributed by atoms with E-state index in [9.17, 15) is 14.7 Å². The highest BCUT2D eigenvalue weighted by Gasteiger charge is 2.48. The molecule has 2 aliphatic heterocycles. The molecule has 8 heteroatoms. The Hall–Kier alpha value is -3.13. The summed E-state index contributed by atoms with van der Waals surface area (Å²) in [6, 6.07) is 6.70. The van der Waals surface area contributed by atoms with E-state index in [-0.39, 0.29) is 11.3 Å². The third-order valence-electron chi connectivity index (χ3n) is 9.61. The number of likely N-dealkylation sites (tertiary alicyclic amines) is 1. The topological polar surface area (TPSA) is 105 Å². The van der Waals surface area contributed by atoms with E-state index in [1.165, 1.54) is 5.56 Å². The van der Waals surface area contributed by atoms with Crippen LogP contribution in [0.5, 0.6) is 0 Å². The van der Waals surface area contributed by atoms with Gasteiger partial charge >= 0.3 is 0 Å². The van der Waals surface area contributed by atoms with Crippen LogP contribution in [0.15, 0.2) is 30.6 Å². The lowest BCUT2D eigenvalue weighted by atomic mass is 9.75. The van der Waals surface area contributed by atoms with E-state index in [1.54, 1.807) is 6.20 Å². The lowest BCUT2D eigenvalue weighted by molar-refractivity contribution is -0.135. The van der Waals surface area contributed by atoms with Gasteiger partial charge in [0.25, 0.3) is 5.91 Å². The maximum atomic E-state index is 13.3. The summed E-state index contributed by atoms with van der Waals surface area (Å²) < 4.78 is 2.18. The van der Waals surface area contributed by atoms with Crippen LogP contribution >= 0.6 is 0 Å². The third kappa shape index (κ3) is 4.56. The Morgan fingerprint density at radius 1 is 1.13 bits per heavy atom. The Morgan fingerprint density at radius 2 is 1.90 bits per heavy atom. The first kappa shape index (κ1) is 26.1. The lowest BCUT2D eigenvalue weighted by Gasteiger charge is -2.41. The second-order valence-corrected chi connectivity index (χ2v) is 13.0. The van der Waals surface area contributed by atoms with E-state index in [0.29, 0.717) is 23.9 Å². The molecule has 6 rings (SSSR count). The number of benzene rings is 1. The molecule has 208 valence electrons. The first-order valence-corrected chi connectivity index (χ1v) is 14.5. The van der Waals surface area contributed by atoms with E-state index in [1.807, 2.05) is 32.0 Å². The van der Waals surface area contributed by atoms with Crippen molar-refractivity contribution in [2.75, 3.05) is 31.7 Å². The second-order valence-electron chi connectivity index (χ2n) is 13.0. The quantitative estimate of drug-likeness (QED) is 0.511. The number of nitrogens with two attached hydrogens (primary N) is 1. The zero-order valence-electron chi connectivity index (χ0n) is 23.4. The molecule has 1 aliphatic carbocycles. The Balaban J connectivity index is 1.42. The summed E-state index contributed by atoms with van der Waals surface area (Å²) in [5.41, 5.74) is 8.42. The van der Waals surface area contributed by atoms with Gasteiger partial charge in [-0.3, -0.25) is 19.2 Å². The molecular weight excluding hydrogens is 490 g/mol. The van der Waals surface area contributed by atoms with Crippen LogP contribution in [-0.2, 0) is 4.79 Å². The number of pyridine rings is 1. The van der Waals surface area contributed by atoms with Crippen LogP contribution < -0.4 is 10.7 Å². The smallest absolute Gasteiger partial charge is 0.252 e. The van der Waals surface area contributed by atoms with E-state index in [0.717, 1.165) is 86.3 Å². The van der Waals surface area contributed by atoms with Crippen molar-refractivity contribution in [2.45, 2.75) is 76.7 Å². The van der Waals surface area contributed by atoms with Gasteiger partial charge in [0, 0.05) is 49.8 Å². The van der Waals surface area contributed by atoms with Crippen molar-refractivity contribution in [1.82, 2.24) is 14.6 Å². The summed E-state index contributed by atoms with van der Waals surface area (Å²) in [4.78, 5) is 32.1. The molecule has 3 fully saturated rings. The van der Waals surface area contributed by atoms with Crippen LogP contribution in [-0.4, -0.2) is 63.8 Å². The average molecular weight is 532 g/mol. The summed E-state index contributed by atoms with van der Waals surface area (Å²) >= 11 is 0. The number of carbonyl (C=O) groups excluding carboxylic acids is 2. The van der Waals surface area contributed by atoms with Crippen LogP contribution in [0.1, 0.15) is 87.1 Å². The number of amides is 2. The van der Waals surface area contributed by atoms with Crippen molar-refractivity contribution < 1.29 is 14.7 Å². The van der Waals surface area contributed by atoms with Gasteiger partial charge in [-0.05, 0) is 88.7 Å². The number of rotatable bonds is 5. The van der Waals surface area contributed by atoms with Gasteiger partial charge in [-0.15, -0.1) is 0 Å². The molecule has 2 saturated heterocycles. The molecule has 1 atom stereocenters. The van der Waals surface area contributed by atoms with E-state index >= 15 is 0 Å². The summed E-state index contributed by atoms with van der Waals surface area (Å²) in [6.45, 7) is 6.04. The predicted octanol–water partition coefficient (Wildman–Crippen LogP) is 4.30. The first-order chi connectivity index (χ1) is 18.6. The Kier molecular flexibility index (Phi) is 6.36. The molecule has 1 spiro atoms. The normalized spacial score (nSPS) is 26.3. The average Bonchev–Trinajstić information content (AvgIpc) is 3.37. The van der Waals surface area contributed by atoms with Gasteiger partial charge in [0.1, 0.15) is 0 Å². The van der Waals surface area contributed by atoms with Crippen LogP contribution in [0.4, 0.5) is 0 Å². The summed E-state index contributed by atoms with van der Waals surface area (Å²) in [7, 11) is 1.90. The molecule has 1 aromatic carbocycles. The van der Waals surface area contributed by atoms with Gasteiger partial charge in [-0.25, -0.2) is 0 Å². The number of nitrogens with zero attached hydrogens (tertiary/aromatic N) is 4. The molecule has 3 aromatic rings. The Morgan fingerprint density at radius 3 is 2.56 bits per heavy atom. The summed E-state index contributed by atoms with van der Waals surface area (Å²) in [5, 5.41) is 14.5. The molecule has 3 aliphatic rings. The van der Waals surface area contributed by atoms with Crippen molar-refractivity contribution in [3.63, 3.8) is 0 Å². The molecule has 2 aromatic heterocycles. The molecule has 4 heterocycles. The van der Waals surface area contributed by atoms with Crippen LogP contribution in [0.3, 0.4) is 0 Å². The van der Waals surface area contributed by atoms with Gasteiger partial charge in [-0.2, -0.15) is 0 Å². The zero-order chi connectivity index (χ0) is 27.5. The maximum Gasteiger partial charge on any atom is 0.252 e. The number of hydrogen-bond acceptors (Lipinski definition) is 5. The predicted molar refractivity (Wildman–Crippen MR) is 153 cm³/mol. The second kappa shape index (κ2) is 9.51. The zero-order valence-corrected chi connectivity index (χ0v) is 23.4. The maximum absolute atomic E-state index is 13.3. The Bertz CT molecular complexity index is 1430. The molecular formula is C31H41N5O3. The number of hydrogen-bond donors (Lipinski definition) is 2. The minimum atomic E-state index is -0.620.